The van der Waals surface area contributed by atoms with E-state index in [1.165, 1.54) is 10.9 Å². The number of halogens is 1. The van der Waals surface area contributed by atoms with E-state index >= 15 is 0 Å². The lowest BCUT2D eigenvalue weighted by atomic mass is 10.4. The first kappa shape index (κ1) is 12.2. The van der Waals surface area contributed by atoms with Gasteiger partial charge in [-0.05, 0) is 29.5 Å². The summed E-state index contributed by atoms with van der Waals surface area (Å²) in [7, 11) is 1.57. The van der Waals surface area contributed by atoms with Gasteiger partial charge in [0.15, 0.2) is 0 Å². The Bertz CT molecular complexity index is 428. The first-order valence-electron chi connectivity index (χ1n) is 4.48. The first-order chi connectivity index (χ1) is 7.06. The number of aryl methyl sites for hydroxylation is 2. The average Bonchev–Trinajstić information content (AvgIpc) is 2.24. The van der Waals surface area contributed by atoms with Gasteiger partial charge in [0, 0.05) is 20.0 Å². The van der Waals surface area contributed by atoms with Gasteiger partial charge in [-0.2, -0.15) is 0 Å². The maximum Gasteiger partial charge on any atom is 0.267 e. The Morgan fingerprint density at radius 1 is 1.67 bits per heavy atom. The van der Waals surface area contributed by atoms with Crippen LogP contribution in [-0.2, 0) is 11.3 Å². The average molecular weight is 321 g/mol. The van der Waals surface area contributed by atoms with Crippen LogP contribution in [-0.4, -0.2) is 22.5 Å². The first-order valence-corrected chi connectivity index (χ1v) is 5.56. The van der Waals surface area contributed by atoms with E-state index in [4.69, 9.17) is 0 Å². The number of amides is 1. The van der Waals surface area contributed by atoms with Crippen molar-refractivity contribution in [3.05, 3.63) is 25.9 Å². The summed E-state index contributed by atoms with van der Waals surface area (Å²) >= 11 is 1.96. The predicted molar refractivity (Wildman–Crippen MR) is 64.6 cm³/mol. The molecule has 0 aromatic carbocycles. The summed E-state index contributed by atoms with van der Waals surface area (Å²) in [6.45, 7) is 2.15. The molecule has 1 aromatic heterocycles. The summed E-state index contributed by atoms with van der Waals surface area (Å²) in [6.07, 6.45) is 1.76. The van der Waals surface area contributed by atoms with Crippen LogP contribution < -0.4 is 10.9 Å². The van der Waals surface area contributed by atoms with E-state index in [-0.39, 0.29) is 17.9 Å². The van der Waals surface area contributed by atoms with Gasteiger partial charge in [0.05, 0.1) is 15.6 Å². The van der Waals surface area contributed by atoms with Gasteiger partial charge >= 0.3 is 0 Å². The lowest BCUT2D eigenvalue weighted by Gasteiger charge is -2.05. The summed E-state index contributed by atoms with van der Waals surface area (Å²) in [5, 5.41) is 2.50. The van der Waals surface area contributed by atoms with E-state index in [0.29, 0.717) is 10.1 Å². The molecule has 1 amide bonds. The van der Waals surface area contributed by atoms with Crippen molar-refractivity contribution in [1.29, 1.82) is 0 Å². The molecule has 5 nitrogen and oxygen atoms in total. The normalized spacial score (nSPS) is 10.1. The molecule has 6 heteroatoms. The molecule has 0 unspecified atom stereocenters. The molecule has 0 aliphatic carbocycles. The monoisotopic (exact) mass is 321 g/mol. The zero-order chi connectivity index (χ0) is 11.4. The number of carbonyl (C=O) groups excluding carboxylic acids is 1. The fourth-order valence-corrected chi connectivity index (χ4v) is 1.50. The third kappa shape index (κ3) is 3.01. The number of nitrogens with one attached hydrogen (secondary N) is 1. The summed E-state index contributed by atoms with van der Waals surface area (Å²) in [6, 6.07) is 0. The zero-order valence-corrected chi connectivity index (χ0v) is 10.7. The predicted octanol–water partition coefficient (Wildman–Crippen LogP) is 0.292. The van der Waals surface area contributed by atoms with Gasteiger partial charge in [-0.15, -0.1) is 0 Å². The molecule has 1 N–H and O–H groups in total. The number of aromatic nitrogens is 2. The summed E-state index contributed by atoms with van der Waals surface area (Å²) in [5.74, 6) is -0.0857. The molecule has 0 aliphatic heterocycles. The maximum atomic E-state index is 11.7. The van der Waals surface area contributed by atoms with Gasteiger partial charge in [-0.1, -0.05) is 0 Å². The van der Waals surface area contributed by atoms with Crippen LogP contribution in [0.2, 0.25) is 0 Å². The highest BCUT2D eigenvalue weighted by Crippen LogP contribution is 2.01. The Balaban J connectivity index is 2.84. The molecule has 0 radical (unpaired) electrons. The van der Waals surface area contributed by atoms with E-state index in [1.54, 1.807) is 14.0 Å². The Kier molecular flexibility index (Phi) is 4.25. The minimum absolute atomic E-state index is 0.0857. The number of carbonyl (C=O) groups is 1. The summed E-state index contributed by atoms with van der Waals surface area (Å²) in [5.41, 5.74) is 0.629. The van der Waals surface area contributed by atoms with Crippen LogP contribution in [0.5, 0.6) is 0 Å². The Hall–Kier alpha value is -0.920. The molecule has 1 rings (SSSR count). The molecule has 1 aromatic rings. The molecule has 82 valence electrons. The van der Waals surface area contributed by atoms with Gasteiger partial charge in [-0.25, -0.2) is 4.98 Å². The SMILES string of the molecule is CNC(=O)CCn1cnc(C)c(I)c1=O. The van der Waals surface area contributed by atoms with Gasteiger partial charge in [0.2, 0.25) is 5.91 Å². The van der Waals surface area contributed by atoms with Crippen LogP contribution >= 0.6 is 22.6 Å². The molecule has 0 bridgehead atoms. The molecule has 0 saturated heterocycles. The van der Waals surface area contributed by atoms with Crippen molar-refractivity contribution in [2.75, 3.05) is 7.05 Å². The van der Waals surface area contributed by atoms with Crippen LogP contribution in [0.4, 0.5) is 0 Å². The zero-order valence-electron chi connectivity index (χ0n) is 8.58. The number of hydrogen-bond acceptors (Lipinski definition) is 3. The minimum Gasteiger partial charge on any atom is -0.359 e. The van der Waals surface area contributed by atoms with E-state index in [2.05, 4.69) is 10.3 Å². The topological polar surface area (TPSA) is 64.0 Å². The smallest absolute Gasteiger partial charge is 0.267 e. The third-order valence-electron chi connectivity index (χ3n) is 2.02. The highest BCUT2D eigenvalue weighted by molar-refractivity contribution is 14.1. The third-order valence-corrected chi connectivity index (χ3v) is 3.26. The second kappa shape index (κ2) is 5.24. The maximum absolute atomic E-state index is 11.7. The van der Waals surface area contributed by atoms with Crippen molar-refractivity contribution >= 4 is 28.5 Å². The molecule has 0 aliphatic rings. The van der Waals surface area contributed by atoms with Crippen LogP contribution in [0.25, 0.3) is 0 Å². The van der Waals surface area contributed by atoms with Crippen molar-refractivity contribution in [2.45, 2.75) is 19.9 Å². The molecule has 0 spiro atoms. The number of rotatable bonds is 3. The van der Waals surface area contributed by atoms with E-state index in [9.17, 15) is 9.59 Å². The highest BCUT2D eigenvalue weighted by atomic mass is 127. The largest absolute Gasteiger partial charge is 0.359 e. The summed E-state index contributed by atoms with van der Waals surface area (Å²) < 4.78 is 2.05. The van der Waals surface area contributed by atoms with E-state index < -0.39 is 0 Å². The van der Waals surface area contributed by atoms with Crippen molar-refractivity contribution < 1.29 is 4.79 Å². The fraction of sp³-hybridized carbons (Fsp3) is 0.444. The van der Waals surface area contributed by atoms with Crippen molar-refractivity contribution in [1.82, 2.24) is 14.9 Å². The van der Waals surface area contributed by atoms with Gasteiger partial charge < -0.3 is 5.32 Å². The van der Waals surface area contributed by atoms with Crippen LogP contribution in [0.3, 0.4) is 0 Å². The Morgan fingerprint density at radius 3 is 2.93 bits per heavy atom. The molecular weight excluding hydrogens is 309 g/mol. The standard InChI is InChI=1S/C9H12IN3O2/c1-6-8(10)9(15)13(5-12-6)4-3-7(14)11-2/h5H,3-4H2,1-2H3,(H,11,14). The van der Waals surface area contributed by atoms with Crippen molar-refractivity contribution in [2.24, 2.45) is 0 Å². The molecular formula is C9H12IN3O2. The quantitative estimate of drug-likeness (QED) is 0.814. The second-order valence-corrected chi connectivity index (χ2v) is 4.14. The lowest BCUT2D eigenvalue weighted by Crippen LogP contribution is -2.27. The van der Waals surface area contributed by atoms with Crippen LogP contribution in [0, 0.1) is 10.5 Å². The molecule has 15 heavy (non-hydrogen) atoms. The van der Waals surface area contributed by atoms with Gasteiger partial charge in [-0.3, -0.25) is 14.2 Å². The highest BCUT2D eigenvalue weighted by Gasteiger charge is 2.06. The lowest BCUT2D eigenvalue weighted by molar-refractivity contribution is -0.120. The fourth-order valence-electron chi connectivity index (χ4n) is 1.05. The minimum atomic E-state index is -0.0907. The van der Waals surface area contributed by atoms with Gasteiger partial charge in [0.1, 0.15) is 0 Å². The van der Waals surface area contributed by atoms with Crippen LogP contribution in [0.1, 0.15) is 12.1 Å². The van der Waals surface area contributed by atoms with Crippen molar-refractivity contribution in [3.8, 4) is 0 Å². The van der Waals surface area contributed by atoms with E-state index in [0.717, 1.165) is 5.69 Å². The molecule has 1 heterocycles. The van der Waals surface area contributed by atoms with Gasteiger partial charge in [0.25, 0.3) is 5.56 Å². The second-order valence-electron chi connectivity index (χ2n) is 3.07. The molecule has 0 saturated carbocycles. The van der Waals surface area contributed by atoms with Crippen molar-refractivity contribution in [3.63, 3.8) is 0 Å². The summed E-state index contributed by atoms with van der Waals surface area (Å²) in [4.78, 5) is 26.7. The Morgan fingerprint density at radius 2 is 2.33 bits per heavy atom. The Labute approximate surface area is 101 Å². The van der Waals surface area contributed by atoms with Crippen LogP contribution in [0.15, 0.2) is 11.1 Å². The number of nitrogens with zero attached hydrogens (tertiary/aromatic N) is 2. The van der Waals surface area contributed by atoms with E-state index in [1.807, 2.05) is 22.6 Å². The molecule has 0 atom stereocenters. The number of hydrogen-bond donors (Lipinski definition) is 1. The molecule has 0 fully saturated rings.